The zero-order valence-corrected chi connectivity index (χ0v) is 11.5. The van der Waals surface area contributed by atoms with Gasteiger partial charge in [0.05, 0.1) is 0 Å². The Kier molecular flexibility index (Phi) is 3.69. The molecule has 1 aromatic carbocycles. The Labute approximate surface area is 117 Å². The molecule has 1 aromatic rings. The molecule has 0 spiro atoms. The Bertz CT molecular complexity index is 468. The van der Waals surface area contributed by atoms with Crippen molar-refractivity contribution in [3.05, 3.63) is 42.0 Å². The van der Waals surface area contributed by atoms with E-state index in [2.05, 4.69) is 0 Å². The fourth-order valence-corrected chi connectivity index (χ4v) is 2.34. The predicted molar refractivity (Wildman–Crippen MR) is 73.6 cm³/mol. The lowest BCUT2D eigenvalue weighted by molar-refractivity contribution is -0.148. The fraction of sp³-hybridized carbons (Fsp3) is 0.357. The van der Waals surface area contributed by atoms with Crippen molar-refractivity contribution in [2.45, 2.75) is 17.7 Å². The van der Waals surface area contributed by atoms with Gasteiger partial charge in [0.1, 0.15) is 16.4 Å². The van der Waals surface area contributed by atoms with Crippen LogP contribution in [0.3, 0.4) is 0 Å². The summed E-state index contributed by atoms with van der Waals surface area (Å²) >= 11 is 11.8. The second-order valence-electron chi connectivity index (χ2n) is 4.62. The van der Waals surface area contributed by atoms with Crippen LogP contribution in [0.2, 0.25) is 0 Å². The highest BCUT2D eigenvalue weighted by atomic mass is 35.5. The molecule has 1 fully saturated rings. The monoisotopic (exact) mass is 284 g/mol. The summed E-state index contributed by atoms with van der Waals surface area (Å²) in [6, 6.07) is 9.80. The number of rotatable bonds is 4. The lowest BCUT2D eigenvalue weighted by Gasteiger charge is -2.10. The van der Waals surface area contributed by atoms with E-state index in [1.54, 1.807) is 13.0 Å². The first-order valence-electron chi connectivity index (χ1n) is 5.72. The average Bonchev–Trinajstić information content (AvgIpc) is 2.87. The first-order chi connectivity index (χ1) is 8.46. The van der Waals surface area contributed by atoms with Gasteiger partial charge in [-0.1, -0.05) is 36.4 Å². The molecule has 0 radical (unpaired) electrons. The molecule has 1 atom stereocenters. The van der Waals surface area contributed by atoms with Crippen LogP contribution in [0.1, 0.15) is 18.9 Å². The highest BCUT2D eigenvalue weighted by molar-refractivity contribution is 6.53. The van der Waals surface area contributed by atoms with Crippen LogP contribution in [0.25, 0.3) is 6.08 Å². The Morgan fingerprint density at radius 1 is 1.39 bits per heavy atom. The molecule has 0 saturated heterocycles. The van der Waals surface area contributed by atoms with Crippen LogP contribution in [0, 0.1) is 5.41 Å². The number of esters is 1. The molecule has 0 aliphatic heterocycles. The standard InChI is InChI=1S/C14H14Cl2O2/c1-13(10-14(13,15)16)12(17)18-9-5-8-11-6-3-2-4-7-11/h2-8H,9-10H2,1H3/b8-5+. The molecule has 18 heavy (non-hydrogen) atoms. The molecule has 2 nitrogen and oxygen atoms in total. The second kappa shape index (κ2) is 4.94. The zero-order valence-electron chi connectivity index (χ0n) is 10.0. The molecular formula is C14H14Cl2O2. The quantitative estimate of drug-likeness (QED) is 0.621. The third-order valence-electron chi connectivity index (χ3n) is 3.13. The van der Waals surface area contributed by atoms with Crippen molar-refractivity contribution in [1.82, 2.24) is 0 Å². The van der Waals surface area contributed by atoms with Crippen molar-refractivity contribution in [1.29, 1.82) is 0 Å². The fourth-order valence-electron chi connectivity index (χ4n) is 1.65. The van der Waals surface area contributed by atoms with Crippen LogP contribution in [0.4, 0.5) is 0 Å². The SMILES string of the molecule is CC1(C(=O)OC/C=C/c2ccccc2)CC1(Cl)Cl. The Balaban J connectivity index is 1.80. The van der Waals surface area contributed by atoms with Crippen LogP contribution >= 0.6 is 23.2 Å². The third-order valence-corrected chi connectivity index (χ3v) is 4.23. The molecule has 0 bridgehead atoms. The summed E-state index contributed by atoms with van der Waals surface area (Å²) in [5.41, 5.74) is 0.312. The predicted octanol–water partition coefficient (Wildman–Crippen LogP) is 3.83. The number of halogens is 2. The maximum absolute atomic E-state index is 11.7. The van der Waals surface area contributed by atoms with Gasteiger partial charge in [-0.15, -0.1) is 23.2 Å². The number of hydrogen-bond donors (Lipinski definition) is 0. The highest BCUT2D eigenvalue weighted by Crippen LogP contribution is 2.64. The molecule has 1 aliphatic rings. The molecule has 1 saturated carbocycles. The lowest BCUT2D eigenvalue weighted by atomic mass is 10.1. The Hall–Kier alpha value is -0.990. The topological polar surface area (TPSA) is 26.3 Å². The van der Waals surface area contributed by atoms with Gasteiger partial charge < -0.3 is 4.74 Å². The second-order valence-corrected chi connectivity index (χ2v) is 6.11. The summed E-state index contributed by atoms with van der Waals surface area (Å²) in [5.74, 6) is -0.342. The smallest absolute Gasteiger partial charge is 0.315 e. The van der Waals surface area contributed by atoms with Gasteiger partial charge in [0.2, 0.25) is 0 Å². The van der Waals surface area contributed by atoms with E-state index in [1.807, 2.05) is 36.4 Å². The van der Waals surface area contributed by atoms with Gasteiger partial charge in [-0.05, 0) is 18.6 Å². The van der Waals surface area contributed by atoms with Crippen molar-refractivity contribution in [3.63, 3.8) is 0 Å². The lowest BCUT2D eigenvalue weighted by Crippen LogP contribution is -2.21. The molecule has 1 aliphatic carbocycles. The summed E-state index contributed by atoms with van der Waals surface area (Å²) < 4.78 is 4.17. The van der Waals surface area contributed by atoms with E-state index in [-0.39, 0.29) is 12.6 Å². The van der Waals surface area contributed by atoms with Gasteiger partial charge >= 0.3 is 5.97 Å². The number of carbonyl (C=O) groups excluding carboxylic acids is 1. The molecule has 2 rings (SSSR count). The highest BCUT2D eigenvalue weighted by Gasteiger charge is 2.69. The molecule has 0 amide bonds. The normalized spacial score (nSPS) is 25.1. The summed E-state index contributed by atoms with van der Waals surface area (Å²) in [6.45, 7) is 1.95. The van der Waals surface area contributed by atoms with Crippen molar-refractivity contribution in [2.24, 2.45) is 5.41 Å². The minimum atomic E-state index is -0.965. The van der Waals surface area contributed by atoms with Gasteiger partial charge in [0.15, 0.2) is 0 Å². The minimum Gasteiger partial charge on any atom is -0.461 e. The zero-order chi connectivity index (χ0) is 13.2. The largest absolute Gasteiger partial charge is 0.461 e. The van der Waals surface area contributed by atoms with Crippen molar-refractivity contribution >= 4 is 35.2 Å². The first kappa shape index (κ1) is 13.4. The van der Waals surface area contributed by atoms with E-state index in [4.69, 9.17) is 27.9 Å². The number of ether oxygens (including phenoxy) is 1. The molecule has 4 heteroatoms. The molecule has 0 N–H and O–H groups in total. The number of carbonyl (C=O) groups is 1. The molecule has 1 unspecified atom stereocenters. The summed E-state index contributed by atoms with van der Waals surface area (Å²) in [7, 11) is 0. The van der Waals surface area contributed by atoms with Crippen molar-refractivity contribution in [2.75, 3.05) is 6.61 Å². The Morgan fingerprint density at radius 2 is 2.00 bits per heavy atom. The third kappa shape index (κ3) is 2.70. The number of alkyl halides is 2. The summed E-state index contributed by atoms with van der Waals surface area (Å²) in [6.07, 6.45) is 4.14. The van der Waals surface area contributed by atoms with Crippen LogP contribution in [0.5, 0.6) is 0 Å². The van der Waals surface area contributed by atoms with Gasteiger partial charge in [-0.3, -0.25) is 4.79 Å². The van der Waals surface area contributed by atoms with Gasteiger partial charge in [-0.2, -0.15) is 0 Å². The van der Waals surface area contributed by atoms with E-state index in [9.17, 15) is 4.79 Å². The molecular weight excluding hydrogens is 271 g/mol. The maximum Gasteiger partial charge on any atom is 0.315 e. The van der Waals surface area contributed by atoms with E-state index in [1.165, 1.54) is 0 Å². The average molecular weight is 285 g/mol. The molecule has 0 aromatic heterocycles. The van der Waals surface area contributed by atoms with Crippen LogP contribution in [-0.2, 0) is 9.53 Å². The minimum absolute atomic E-state index is 0.229. The Morgan fingerprint density at radius 3 is 2.56 bits per heavy atom. The van der Waals surface area contributed by atoms with E-state index >= 15 is 0 Å². The van der Waals surface area contributed by atoms with E-state index in [0.717, 1.165) is 5.56 Å². The van der Waals surface area contributed by atoms with Crippen LogP contribution in [-0.4, -0.2) is 16.9 Å². The van der Waals surface area contributed by atoms with Crippen LogP contribution < -0.4 is 0 Å². The van der Waals surface area contributed by atoms with Crippen LogP contribution in [0.15, 0.2) is 36.4 Å². The van der Waals surface area contributed by atoms with Crippen molar-refractivity contribution < 1.29 is 9.53 Å². The van der Waals surface area contributed by atoms with Gasteiger partial charge in [0, 0.05) is 6.42 Å². The summed E-state index contributed by atoms with van der Waals surface area (Å²) in [5, 5.41) is 0. The van der Waals surface area contributed by atoms with Crippen molar-refractivity contribution in [3.8, 4) is 0 Å². The maximum atomic E-state index is 11.7. The van der Waals surface area contributed by atoms with Gasteiger partial charge in [-0.25, -0.2) is 0 Å². The van der Waals surface area contributed by atoms with E-state index < -0.39 is 9.75 Å². The molecule has 96 valence electrons. The number of hydrogen-bond acceptors (Lipinski definition) is 2. The summed E-state index contributed by atoms with van der Waals surface area (Å²) in [4.78, 5) is 11.7. The first-order valence-corrected chi connectivity index (χ1v) is 6.48. The number of benzene rings is 1. The van der Waals surface area contributed by atoms with E-state index in [0.29, 0.717) is 6.42 Å². The molecule has 0 heterocycles. The van der Waals surface area contributed by atoms with Gasteiger partial charge in [0.25, 0.3) is 0 Å².